The van der Waals surface area contributed by atoms with Crippen LogP contribution >= 0.6 is 0 Å². The van der Waals surface area contributed by atoms with Gasteiger partial charge in [-0.05, 0) is 18.3 Å². The molecule has 1 aliphatic rings. The molecular weight excluding hydrogens is 228 g/mol. The van der Waals surface area contributed by atoms with Crippen LogP contribution in [0.2, 0.25) is 0 Å². The number of anilines is 2. The summed E-state index contributed by atoms with van der Waals surface area (Å²) in [6, 6.07) is 0. The lowest BCUT2D eigenvalue weighted by molar-refractivity contribution is 0.237. The van der Waals surface area contributed by atoms with E-state index in [1.165, 1.54) is 25.6 Å². The van der Waals surface area contributed by atoms with Gasteiger partial charge in [0.05, 0.1) is 7.11 Å². The lowest BCUT2D eigenvalue weighted by Crippen LogP contribution is -2.39. The first-order valence-electron chi connectivity index (χ1n) is 6.49. The van der Waals surface area contributed by atoms with Crippen molar-refractivity contribution in [1.82, 2.24) is 9.97 Å². The van der Waals surface area contributed by atoms with Crippen molar-refractivity contribution in [2.45, 2.75) is 33.1 Å². The SMILES string of the molecule is CCC1(C)CCN(c2ncnc(N)c2OC)CC1. The van der Waals surface area contributed by atoms with E-state index < -0.39 is 0 Å². The number of ether oxygens (including phenoxy) is 1. The van der Waals surface area contributed by atoms with E-state index in [4.69, 9.17) is 10.5 Å². The molecule has 0 spiro atoms. The highest BCUT2D eigenvalue weighted by molar-refractivity contribution is 5.62. The summed E-state index contributed by atoms with van der Waals surface area (Å²) in [6.45, 7) is 6.61. The molecule has 5 nitrogen and oxygen atoms in total. The van der Waals surface area contributed by atoms with Gasteiger partial charge in [0.2, 0.25) is 5.75 Å². The quantitative estimate of drug-likeness (QED) is 0.889. The third-order valence-electron chi connectivity index (χ3n) is 4.14. The van der Waals surface area contributed by atoms with Gasteiger partial charge in [0.15, 0.2) is 11.6 Å². The summed E-state index contributed by atoms with van der Waals surface area (Å²) in [5.41, 5.74) is 6.28. The first kappa shape index (κ1) is 12.9. The highest BCUT2D eigenvalue weighted by atomic mass is 16.5. The number of aromatic nitrogens is 2. The summed E-state index contributed by atoms with van der Waals surface area (Å²) in [6.07, 6.45) is 5.08. The molecule has 18 heavy (non-hydrogen) atoms. The van der Waals surface area contributed by atoms with Crippen LogP contribution in [0.3, 0.4) is 0 Å². The summed E-state index contributed by atoms with van der Waals surface area (Å²) < 4.78 is 5.32. The van der Waals surface area contributed by atoms with Crippen LogP contribution < -0.4 is 15.4 Å². The second kappa shape index (κ2) is 5.00. The fraction of sp³-hybridized carbons (Fsp3) is 0.692. The Balaban J connectivity index is 2.17. The molecule has 0 saturated carbocycles. The smallest absolute Gasteiger partial charge is 0.204 e. The third-order valence-corrected chi connectivity index (χ3v) is 4.14. The minimum Gasteiger partial charge on any atom is -0.490 e. The Morgan fingerprint density at radius 2 is 2.06 bits per heavy atom. The number of hydrogen-bond acceptors (Lipinski definition) is 5. The van der Waals surface area contributed by atoms with E-state index >= 15 is 0 Å². The molecule has 0 unspecified atom stereocenters. The second-order valence-electron chi connectivity index (χ2n) is 5.27. The molecule has 100 valence electrons. The van der Waals surface area contributed by atoms with Gasteiger partial charge in [0.25, 0.3) is 0 Å². The van der Waals surface area contributed by atoms with Gasteiger partial charge in [0, 0.05) is 13.1 Å². The number of methoxy groups -OCH3 is 1. The van der Waals surface area contributed by atoms with Crippen LogP contribution in [0.25, 0.3) is 0 Å². The molecule has 0 amide bonds. The number of nitrogen functional groups attached to an aromatic ring is 1. The van der Waals surface area contributed by atoms with E-state index in [9.17, 15) is 0 Å². The largest absolute Gasteiger partial charge is 0.490 e. The third kappa shape index (κ3) is 2.35. The zero-order valence-electron chi connectivity index (χ0n) is 11.4. The van der Waals surface area contributed by atoms with Crippen LogP contribution in [0.1, 0.15) is 33.1 Å². The van der Waals surface area contributed by atoms with Gasteiger partial charge in [-0.2, -0.15) is 0 Å². The molecule has 1 aliphatic heterocycles. The summed E-state index contributed by atoms with van der Waals surface area (Å²) in [7, 11) is 1.61. The van der Waals surface area contributed by atoms with E-state index in [0.717, 1.165) is 18.9 Å². The van der Waals surface area contributed by atoms with Gasteiger partial charge >= 0.3 is 0 Å². The molecule has 0 aliphatic carbocycles. The molecule has 2 N–H and O–H groups in total. The van der Waals surface area contributed by atoms with Crippen molar-refractivity contribution in [2.24, 2.45) is 5.41 Å². The Hall–Kier alpha value is -1.52. The molecule has 1 fully saturated rings. The van der Waals surface area contributed by atoms with Crippen molar-refractivity contribution < 1.29 is 4.74 Å². The summed E-state index contributed by atoms with van der Waals surface area (Å²) in [4.78, 5) is 10.5. The van der Waals surface area contributed by atoms with E-state index in [-0.39, 0.29) is 0 Å². The Kier molecular flexibility index (Phi) is 3.59. The minimum atomic E-state index is 0.409. The monoisotopic (exact) mass is 250 g/mol. The molecule has 2 heterocycles. The summed E-state index contributed by atoms with van der Waals surface area (Å²) in [5, 5.41) is 0. The van der Waals surface area contributed by atoms with E-state index in [0.29, 0.717) is 17.0 Å². The number of piperidine rings is 1. The summed E-state index contributed by atoms with van der Waals surface area (Å²) in [5.74, 6) is 1.83. The van der Waals surface area contributed by atoms with Crippen LogP contribution in [0.5, 0.6) is 5.75 Å². The lowest BCUT2D eigenvalue weighted by atomic mass is 9.78. The minimum absolute atomic E-state index is 0.409. The normalized spacial score (nSPS) is 18.7. The van der Waals surface area contributed by atoms with Gasteiger partial charge in [-0.1, -0.05) is 20.3 Å². The van der Waals surface area contributed by atoms with Gasteiger partial charge in [-0.15, -0.1) is 0 Å². The van der Waals surface area contributed by atoms with E-state index in [1.54, 1.807) is 7.11 Å². The van der Waals surface area contributed by atoms with E-state index in [1.807, 2.05) is 0 Å². The van der Waals surface area contributed by atoms with Gasteiger partial charge in [-0.25, -0.2) is 9.97 Å². The van der Waals surface area contributed by atoms with Crippen molar-refractivity contribution in [3.8, 4) is 5.75 Å². The molecule has 0 bridgehead atoms. The number of nitrogens with zero attached hydrogens (tertiary/aromatic N) is 3. The molecule has 0 atom stereocenters. The zero-order valence-corrected chi connectivity index (χ0v) is 11.4. The topological polar surface area (TPSA) is 64.3 Å². The maximum Gasteiger partial charge on any atom is 0.204 e. The Bertz CT molecular complexity index is 413. The fourth-order valence-electron chi connectivity index (χ4n) is 2.41. The van der Waals surface area contributed by atoms with E-state index in [2.05, 4.69) is 28.7 Å². The van der Waals surface area contributed by atoms with Crippen molar-refractivity contribution in [1.29, 1.82) is 0 Å². The van der Waals surface area contributed by atoms with Crippen molar-refractivity contribution in [2.75, 3.05) is 30.8 Å². The highest BCUT2D eigenvalue weighted by Crippen LogP contribution is 2.38. The van der Waals surface area contributed by atoms with Crippen LogP contribution in [0, 0.1) is 5.41 Å². The zero-order chi connectivity index (χ0) is 13.2. The average Bonchev–Trinajstić information content (AvgIpc) is 2.39. The lowest BCUT2D eigenvalue weighted by Gasteiger charge is -2.39. The Morgan fingerprint density at radius 3 is 2.61 bits per heavy atom. The molecule has 0 radical (unpaired) electrons. The van der Waals surface area contributed by atoms with Gasteiger partial charge in [-0.3, -0.25) is 0 Å². The van der Waals surface area contributed by atoms with Crippen molar-refractivity contribution in [3.05, 3.63) is 6.33 Å². The Labute approximate surface area is 108 Å². The molecule has 1 aromatic rings. The first-order valence-corrected chi connectivity index (χ1v) is 6.49. The highest BCUT2D eigenvalue weighted by Gasteiger charge is 2.30. The van der Waals surface area contributed by atoms with Crippen LogP contribution in [0.4, 0.5) is 11.6 Å². The van der Waals surface area contributed by atoms with Crippen LogP contribution in [0.15, 0.2) is 6.33 Å². The molecule has 1 saturated heterocycles. The van der Waals surface area contributed by atoms with Gasteiger partial charge in [0.1, 0.15) is 6.33 Å². The molecular formula is C13H22N4O. The van der Waals surface area contributed by atoms with Crippen molar-refractivity contribution in [3.63, 3.8) is 0 Å². The standard InChI is InChI=1S/C13H22N4O/c1-4-13(2)5-7-17(8-6-13)12-10(18-3)11(14)15-9-16-12/h9H,4-8H2,1-3H3,(H2,14,15,16). The molecule has 5 heteroatoms. The van der Waals surface area contributed by atoms with Gasteiger partial charge < -0.3 is 15.4 Å². The number of hydrogen-bond donors (Lipinski definition) is 1. The summed E-state index contributed by atoms with van der Waals surface area (Å²) >= 11 is 0. The van der Waals surface area contributed by atoms with Crippen LogP contribution in [-0.4, -0.2) is 30.2 Å². The first-order chi connectivity index (χ1) is 8.59. The number of rotatable bonds is 3. The predicted octanol–water partition coefficient (Wildman–Crippen LogP) is 2.08. The predicted molar refractivity (Wildman–Crippen MR) is 72.8 cm³/mol. The fourth-order valence-corrected chi connectivity index (χ4v) is 2.41. The maximum atomic E-state index is 5.82. The van der Waals surface area contributed by atoms with Crippen molar-refractivity contribution >= 4 is 11.6 Å². The molecule has 0 aromatic carbocycles. The van der Waals surface area contributed by atoms with Crippen LogP contribution in [-0.2, 0) is 0 Å². The molecule has 2 rings (SSSR count). The Morgan fingerprint density at radius 1 is 1.39 bits per heavy atom. The number of nitrogens with two attached hydrogens (primary N) is 1. The molecule has 1 aromatic heterocycles. The maximum absolute atomic E-state index is 5.82. The average molecular weight is 250 g/mol. The second-order valence-corrected chi connectivity index (χ2v) is 5.27.